The predicted molar refractivity (Wildman–Crippen MR) is 75.0 cm³/mol. The number of rotatable bonds is 3. The van der Waals surface area contributed by atoms with Crippen LogP contribution in [0.15, 0.2) is 28.7 Å². The smallest absolute Gasteiger partial charge is 0.0731 e. The summed E-state index contributed by atoms with van der Waals surface area (Å²) in [6.45, 7) is 5.44. The van der Waals surface area contributed by atoms with E-state index in [0.29, 0.717) is 11.5 Å². The van der Waals surface area contributed by atoms with Gasteiger partial charge in [0.05, 0.1) is 12.7 Å². The maximum absolute atomic E-state index is 6.01. The minimum absolute atomic E-state index is 0.454. The van der Waals surface area contributed by atoms with Gasteiger partial charge in [-0.2, -0.15) is 0 Å². The molecular formula is C15H21BrO. The van der Waals surface area contributed by atoms with Crippen molar-refractivity contribution in [3.05, 3.63) is 34.3 Å². The van der Waals surface area contributed by atoms with E-state index in [1.165, 1.54) is 31.2 Å². The van der Waals surface area contributed by atoms with Gasteiger partial charge in [0.25, 0.3) is 0 Å². The van der Waals surface area contributed by atoms with Crippen LogP contribution >= 0.6 is 15.9 Å². The molecule has 0 atom stereocenters. The fraction of sp³-hybridized carbons (Fsp3) is 0.600. The van der Waals surface area contributed by atoms with E-state index in [2.05, 4.69) is 48.0 Å². The maximum atomic E-state index is 6.01. The maximum Gasteiger partial charge on any atom is 0.0731 e. The highest BCUT2D eigenvalue weighted by molar-refractivity contribution is 9.10. The number of halogens is 1. The Morgan fingerprint density at radius 2 is 1.88 bits per heavy atom. The van der Waals surface area contributed by atoms with Crippen LogP contribution in [0, 0.1) is 5.41 Å². The van der Waals surface area contributed by atoms with Gasteiger partial charge in [-0.05, 0) is 42.7 Å². The van der Waals surface area contributed by atoms with E-state index in [0.717, 1.165) is 11.1 Å². The molecule has 1 nitrogen and oxygen atoms in total. The fourth-order valence-corrected chi connectivity index (χ4v) is 2.76. The van der Waals surface area contributed by atoms with Crippen molar-refractivity contribution in [2.24, 2.45) is 5.41 Å². The first-order chi connectivity index (χ1) is 8.07. The first-order valence-corrected chi connectivity index (χ1v) is 7.21. The molecule has 2 rings (SSSR count). The second-order valence-corrected chi connectivity index (χ2v) is 6.62. The number of hydrogen-bond donors (Lipinski definition) is 0. The zero-order valence-electron chi connectivity index (χ0n) is 10.7. The third-order valence-corrected chi connectivity index (χ3v) is 4.49. The van der Waals surface area contributed by atoms with Crippen LogP contribution in [0.1, 0.15) is 45.1 Å². The molecule has 0 unspecified atom stereocenters. The lowest BCUT2D eigenvalue weighted by Gasteiger charge is -2.34. The van der Waals surface area contributed by atoms with Gasteiger partial charge in [0.1, 0.15) is 0 Å². The molecule has 1 fully saturated rings. The summed E-state index contributed by atoms with van der Waals surface area (Å²) < 4.78 is 7.16. The molecule has 0 aliphatic heterocycles. The van der Waals surface area contributed by atoms with Gasteiger partial charge in [-0.1, -0.05) is 48.0 Å². The molecule has 0 bridgehead atoms. The summed E-state index contributed by atoms with van der Waals surface area (Å²) in [4.78, 5) is 0. The largest absolute Gasteiger partial charge is 0.374 e. The molecule has 0 saturated heterocycles. The molecule has 1 aliphatic carbocycles. The first kappa shape index (κ1) is 13.1. The van der Waals surface area contributed by atoms with Gasteiger partial charge in [0, 0.05) is 4.47 Å². The Hall–Kier alpha value is -0.340. The fourth-order valence-electron chi connectivity index (χ4n) is 2.36. The molecule has 0 amide bonds. The highest BCUT2D eigenvalue weighted by Gasteiger charge is 2.27. The van der Waals surface area contributed by atoms with Crippen LogP contribution in [0.4, 0.5) is 0 Å². The van der Waals surface area contributed by atoms with Crippen LogP contribution in [0.25, 0.3) is 0 Å². The summed E-state index contributed by atoms with van der Waals surface area (Å²) in [5.74, 6) is 0. The molecule has 0 radical (unpaired) electrons. The van der Waals surface area contributed by atoms with Gasteiger partial charge in [-0.15, -0.1) is 0 Å². The zero-order chi connectivity index (χ0) is 12.3. The van der Waals surface area contributed by atoms with Crippen molar-refractivity contribution in [2.45, 2.75) is 52.2 Å². The van der Waals surface area contributed by atoms with Crippen LogP contribution in [0.5, 0.6) is 0 Å². The highest BCUT2D eigenvalue weighted by Crippen LogP contribution is 2.36. The van der Waals surface area contributed by atoms with Crippen LogP contribution < -0.4 is 0 Å². The summed E-state index contributed by atoms with van der Waals surface area (Å²) in [6, 6.07) is 8.30. The van der Waals surface area contributed by atoms with E-state index >= 15 is 0 Å². The van der Waals surface area contributed by atoms with Crippen molar-refractivity contribution >= 4 is 15.9 Å². The summed E-state index contributed by atoms with van der Waals surface area (Å²) in [6.07, 6.45) is 5.44. The lowest BCUT2D eigenvalue weighted by atomic mass is 9.76. The van der Waals surface area contributed by atoms with E-state index in [4.69, 9.17) is 4.74 Å². The molecule has 1 aromatic rings. The SMILES string of the molecule is CC1(C)CCC(OCc2ccccc2Br)CC1. The Morgan fingerprint density at radius 1 is 1.24 bits per heavy atom. The Kier molecular flexibility index (Phi) is 4.26. The van der Waals surface area contributed by atoms with Crippen LogP contribution in [-0.4, -0.2) is 6.10 Å². The molecular weight excluding hydrogens is 276 g/mol. The van der Waals surface area contributed by atoms with Crippen molar-refractivity contribution in [2.75, 3.05) is 0 Å². The molecule has 1 saturated carbocycles. The minimum Gasteiger partial charge on any atom is -0.374 e. The van der Waals surface area contributed by atoms with E-state index in [1.54, 1.807) is 0 Å². The molecule has 0 heterocycles. The van der Waals surface area contributed by atoms with E-state index in [9.17, 15) is 0 Å². The zero-order valence-corrected chi connectivity index (χ0v) is 12.3. The van der Waals surface area contributed by atoms with Gasteiger partial charge in [-0.3, -0.25) is 0 Å². The van der Waals surface area contributed by atoms with Crippen molar-refractivity contribution in [3.63, 3.8) is 0 Å². The van der Waals surface area contributed by atoms with E-state index < -0.39 is 0 Å². The predicted octanol–water partition coefficient (Wildman–Crippen LogP) is 4.93. The van der Waals surface area contributed by atoms with Crippen LogP contribution in [0.3, 0.4) is 0 Å². The van der Waals surface area contributed by atoms with Gasteiger partial charge >= 0.3 is 0 Å². The van der Waals surface area contributed by atoms with Gasteiger partial charge in [0.2, 0.25) is 0 Å². The molecule has 1 aromatic carbocycles. The summed E-state index contributed by atoms with van der Waals surface area (Å²) in [7, 11) is 0. The van der Waals surface area contributed by atoms with Crippen molar-refractivity contribution in [1.29, 1.82) is 0 Å². The lowest BCUT2D eigenvalue weighted by Crippen LogP contribution is -2.26. The third kappa shape index (κ3) is 3.82. The lowest BCUT2D eigenvalue weighted by molar-refractivity contribution is -0.00579. The molecule has 94 valence electrons. The summed E-state index contributed by atoms with van der Waals surface area (Å²) in [5.41, 5.74) is 1.77. The topological polar surface area (TPSA) is 9.23 Å². The van der Waals surface area contributed by atoms with Crippen molar-refractivity contribution < 1.29 is 4.74 Å². The second-order valence-electron chi connectivity index (χ2n) is 5.77. The number of hydrogen-bond acceptors (Lipinski definition) is 1. The van der Waals surface area contributed by atoms with E-state index in [1.807, 2.05) is 6.07 Å². The van der Waals surface area contributed by atoms with Crippen molar-refractivity contribution in [1.82, 2.24) is 0 Å². The van der Waals surface area contributed by atoms with Gasteiger partial charge < -0.3 is 4.74 Å². The average Bonchev–Trinajstić information content (AvgIpc) is 2.30. The molecule has 0 aromatic heterocycles. The molecule has 1 aliphatic rings. The monoisotopic (exact) mass is 296 g/mol. The Bertz CT molecular complexity index is 363. The second kappa shape index (κ2) is 5.53. The summed E-state index contributed by atoms with van der Waals surface area (Å²) >= 11 is 3.56. The van der Waals surface area contributed by atoms with Crippen LogP contribution in [-0.2, 0) is 11.3 Å². The molecule has 17 heavy (non-hydrogen) atoms. The standard InChI is InChI=1S/C15H21BrO/c1-15(2)9-7-13(8-10-15)17-11-12-5-3-4-6-14(12)16/h3-6,13H,7-11H2,1-2H3. The summed E-state index contributed by atoms with van der Waals surface area (Å²) in [5, 5.41) is 0. The minimum atomic E-state index is 0.454. The highest BCUT2D eigenvalue weighted by atomic mass is 79.9. The van der Waals surface area contributed by atoms with Crippen molar-refractivity contribution in [3.8, 4) is 0 Å². The Morgan fingerprint density at radius 3 is 2.53 bits per heavy atom. The quantitative estimate of drug-likeness (QED) is 0.768. The normalized spacial score (nSPS) is 20.4. The molecule has 0 spiro atoms. The molecule has 0 N–H and O–H groups in total. The van der Waals surface area contributed by atoms with Crippen LogP contribution in [0.2, 0.25) is 0 Å². The third-order valence-electron chi connectivity index (χ3n) is 3.72. The Labute approximate surface area is 113 Å². The number of ether oxygens (including phenoxy) is 1. The van der Waals surface area contributed by atoms with Gasteiger partial charge in [-0.25, -0.2) is 0 Å². The first-order valence-electron chi connectivity index (χ1n) is 6.42. The number of benzene rings is 1. The van der Waals surface area contributed by atoms with Gasteiger partial charge in [0.15, 0.2) is 0 Å². The Balaban J connectivity index is 1.82. The molecule has 2 heteroatoms. The van der Waals surface area contributed by atoms with E-state index in [-0.39, 0.29) is 0 Å². The average molecular weight is 297 g/mol.